The van der Waals surface area contributed by atoms with E-state index in [0.29, 0.717) is 65.1 Å². The predicted molar refractivity (Wildman–Crippen MR) is 332 cm³/mol. The molecule has 476 valence electrons. The molecule has 0 spiro atoms. The molecule has 88 heavy (non-hydrogen) atoms. The number of anilines is 1. The van der Waals surface area contributed by atoms with Crippen LogP contribution in [0.3, 0.4) is 0 Å². The van der Waals surface area contributed by atoms with E-state index < -0.39 is 57.5 Å². The number of carboxylic acid groups (broad SMARTS) is 1. The molecule has 0 saturated heterocycles. The van der Waals surface area contributed by atoms with Crippen LogP contribution in [0.5, 0.6) is 5.75 Å². The summed E-state index contributed by atoms with van der Waals surface area (Å²) in [5.41, 5.74) is 2.59. The number of aliphatic carboxylic acids is 1. The first kappa shape index (κ1) is 69.8. The first-order chi connectivity index (χ1) is 41.4. The van der Waals surface area contributed by atoms with Crippen molar-refractivity contribution in [2.75, 3.05) is 89.6 Å². The summed E-state index contributed by atoms with van der Waals surface area (Å²) in [4.78, 5) is 111. The Labute approximate surface area is 518 Å². The van der Waals surface area contributed by atoms with Crippen LogP contribution < -0.4 is 19.7 Å². The first-order valence-electron chi connectivity index (χ1n) is 28.3. The van der Waals surface area contributed by atoms with Crippen LogP contribution in [0.1, 0.15) is 96.3 Å². The predicted octanol–water partition coefficient (Wildman–Crippen LogP) is 5.71. The minimum absolute atomic E-state index is 0.00529. The molecule has 2 aromatic heterocycles. The number of hydrogen-bond donors (Lipinski definition) is 5. The number of rotatable bonds is 31. The minimum Gasteiger partial charge on any atom is -0.480 e. The van der Waals surface area contributed by atoms with Gasteiger partial charge in [-0.05, 0) is 63.1 Å². The molecule has 28 heteroatoms. The number of aliphatic imine (C=N–C) groups is 1. The number of aromatic nitrogens is 3. The molecule has 1 aliphatic carbocycles. The number of likely N-dealkylation sites (N-methyl/N-ethyl adjacent to an activating group) is 1. The highest BCUT2D eigenvalue weighted by molar-refractivity contribution is 8.15. The lowest BCUT2D eigenvalue weighted by atomic mass is 9.71. The van der Waals surface area contributed by atoms with Crippen molar-refractivity contribution < 1.29 is 75.9 Å². The number of sulfonamides is 1. The fourth-order valence-electron chi connectivity index (χ4n) is 9.33. The number of nitrogens with zero attached hydrogens (tertiary/aromatic N) is 7. The Balaban J connectivity index is 0.932. The third-order valence-corrected chi connectivity index (χ3v) is 17.8. The normalized spacial score (nSPS) is 15.5. The largest absolute Gasteiger partial charge is 0.480 e. The van der Waals surface area contributed by atoms with Gasteiger partial charge in [0, 0.05) is 117 Å². The number of Topliss-reactive ketones (excluding diaryl/α,β-unsaturated/α-hetero) is 2. The number of amides is 4. The fourth-order valence-corrected chi connectivity index (χ4v) is 11.8. The lowest BCUT2D eigenvalue weighted by Crippen LogP contribution is -2.43. The number of nitrogens with one attached hydrogen (secondary N) is 2. The molecule has 5 N–H and O–H groups in total. The summed E-state index contributed by atoms with van der Waals surface area (Å²) in [5.74, 6) is -3.05. The number of fused-ring (bicyclic) bond motifs is 1. The van der Waals surface area contributed by atoms with Crippen LogP contribution in [0.15, 0.2) is 75.8 Å². The fraction of sp³-hybridized carbons (Fsp3) is 0.483. The number of halogens is 1. The van der Waals surface area contributed by atoms with E-state index >= 15 is 0 Å². The number of aliphatic hydroxyl groups is 2. The van der Waals surface area contributed by atoms with Gasteiger partial charge in [-0.1, -0.05) is 39.8 Å². The van der Waals surface area contributed by atoms with E-state index in [1.165, 1.54) is 70.3 Å². The Morgan fingerprint density at radius 3 is 2.17 bits per heavy atom. The van der Waals surface area contributed by atoms with Crippen molar-refractivity contribution in [3.63, 3.8) is 0 Å². The topological polar surface area (TPSA) is 327 Å². The third kappa shape index (κ3) is 19.1. The highest BCUT2D eigenvalue weighted by atomic mass is 32.2. The van der Waals surface area contributed by atoms with Crippen molar-refractivity contribution in [2.24, 2.45) is 10.4 Å². The maximum Gasteiger partial charge on any atom is 0.415 e. The number of benzene rings is 2. The zero-order valence-electron chi connectivity index (χ0n) is 50.9. The third-order valence-electron chi connectivity index (χ3n) is 14.5. The van der Waals surface area contributed by atoms with E-state index in [9.17, 15) is 61.7 Å². The first-order valence-corrected chi connectivity index (χ1v) is 32.0. The minimum atomic E-state index is -3.74. The van der Waals surface area contributed by atoms with E-state index in [1.807, 2.05) is 13.8 Å². The van der Waals surface area contributed by atoms with Crippen LogP contribution in [-0.2, 0) is 48.3 Å². The SMILES string of the molecule is CC1=C(C)C(=O)C(C(C)(C)CC(=O)N(C)CCN(CCOCCOCCC(=O)NCCNC(=O)C[C@H](O)C[C@H](O)/C=C/c2c(-c3ccc(F)cc3)nc(N(C)S(C)(=O)=O)nc2C(C)C)C(=O)Oc2ccc3nc(C4=NC(C(=O)O)CS4)sc3c2)=C(C)C1=O. The molecule has 0 bridgehead atoms. The number of carbonyl (C=O) groups excluding carboxylic acids is 6. The van der Waals surface area contributed by atoms with E-state index in [1.54, 1.807) is 65.9 Å². The molecule has 0 saturated carbocycles. The van der Waals surface area contributed by atoms with Crippen molar-refractivity contribution in [3.05, 3.63) is 92.9 Å². The smallest absolute Gasteiger partial charge is 0.415 e. The van der Waals surface area contributed by atoms with Gasteiger partial charge in [-0.2, -0.15) is 0 Å². The second-order valence-electron chi connectivity index (χ2n) is 22.1. The maximum atomic E-state index is 13.9. The van der Waals surface area contributed by atoms with Gasteiger partial charge < -0.3 is 50.0 Å². The van der Waals surface area contributed by atoms with Gasteiger partial charge in [-0.15, -0.1) is 23.1 Å². The number of carbonyl (C=O) groups is 7. The Kier molecular flexibility index (Phi) is 24.7. The molecule has 4 aromatic rings. The van der Waals surface area contributed by atoms with Crippen LogP contribution in [0, 0.1) is 11.2 Å². The second-order valence-corrected chi connectivity index (χ2v) is 26.2. The number of carboxylic acids is 1. The maximum absolute atomic E-state index is 13.9. The van der Waals surface area contributed by atoms with Gasteiger partial charge in [-0.3, -0.25) is 29.0 Å². The average molecular weight is 1280 g/mol. The summed E-state index contributed by atoms with van der Waals surface area (Å²) in [6.07, 6.45) is 0.0604. The van der Waals surface area contributed by atoms with Crippen LogP contribution in [0.2, 0.25) is 0 Å². The van der Waals surface area contributed by atoms with Gasteiger partial charge in [0.25, 0.3) is 0 Å². The van der Waals surface area contributed by atoms with E-state index in [0.717, 1.165) is 10.6 Å². The van der Waals surface area contributed by atoms with Gasteiger partial charge >= 0.3 is 12.1 Å². The Hall–Kier alpha value is -7.34. The molecule has 2 aliphatic rings. The zero-order chi connectivity index (χ0) is 64.8. The summed E-state index contributed by atoms with van der Waals surface area (Å²) in [5, 5.41) is 37.3. The van der Waals surface area contributed by atoms with Crippen LogP contribution >= 0.6 is 23.1 Å². The van der Waals surface area contributed by atoms with Crippen LogP contribution in [-0.4, -0.2) is 198 Å². The Morgan fingerprint density at radius 2 is 1.52 bits per heavy atom. The van der Waals surface area contributed by atoms with Gasteiger partial charge in [-0.25, -0.2) is 41.7 Å². The summed E-state index contributed by atoms with van der Waals surface area (Å²) in [7, 11) is -0.851. The molecule has 2 aromatic carbocycles. The highest BCUT2D eigenvalue weighted by Crippen LogP contribution is 2.40. The molecule has 3 atom stereocenters. The standard InChI is InChI=1S/C60H76FN9O15S3/c1-34(2)51-43(52(38-11-13-39(61)14-12-38)67-58(66-51)69(9)88(10,81)82)17-15-40(71)29-41(72)30-48(74)63-21-20-62-47(73)19-25-83-27-28-84-26-24-70(23-22-68(8)49(75)32-60(6,7)50-37(5)53(76)35(3)36(4)54(50)77)59(80)85-42-16-18-44-46(31-42)87-56(64-44)55-65-45(33-86-55)57(78)79/h11-18,31,34,40-41,45,71-72H,19-30,32-33H2,1-10H3,(H,62,73)(H,63,74)(H,78,79)/b17-15+/t40-,41-,45?/m1/s1. The lowest BCUT2D eigenvalue weighted by molar-refractivity contribution is -0.138. The monoisotopic (exact) mass is 1280 g/mol. The molecule has 1 aliphatic heterocycles. The number of hydrogen-bond acceptors (Lipinski definition) is 20. The number of thiazole rings is 1. The molecule has 1 unspecified atom stereocenters. The summed E-state index contributed by atoms with van der Waals surface area (Å²) < 4.78 is 57.5. The van der Waals surface area contributed by atoms with Crippen molar-refractivity contribution in [3.8, 4) is 17.0 Å². The molecule has 0 radical (unpaired) electrons. The molecule has 3 heterocycles. The van der Waals surface area contributed by atoms with E-state index in [-0.39, 0.29) is 132 Å². The molecular formula is C60H76FN9O15S3. The van der Waals surface area contributed by atoms with Crippen molar-refractivity contribution in [1.82, 2.24) is 35.4 Å². The van der Waals surface area contributed by atoms with Gasteiger partial charge in [0.05, 0.1) is 72.9 Å². The Bertz CT molecular complexity index is 3510. The summed E-state index contributed by atoms with van der Waals surface area (Å²) >= 11 is 2.58. The van der Waals surface area contributed by atoms with Crippen molar-refractivity contribution >= 4 is 102 Å². The Morgan fingerprint density at radius 1 is 0.864 bits per heavy atom. The van der Waals surface area contributed by atoms with E-state index in [4.69, 9.17) is 14.2 Å². The van der Waals surface area contributed by atoms with Gasteiger partial charge in [0.1, 0.15) is 21.6 Å². The van der Waals surface area contributed by atoms with Crippen molar-refractivity contribution in [2.45, 2.75) is 98.3 Å². The van der Waals surface area contributed by atoms with Gasteiger partial charge in [0.2, 0.25) is 33.7 Å². The summed E-state index contributed by atoms with van der Waals surface area (Å²) in [6, 6.07) is 9.48. The quantitative estimate of drug-likeness (QED) is 0.0297. The molecule has 0 fully saturated rings. The second kappa shape index (κ2) is 31.2. The van der Waals surface area contributed by atoms with Crippen LogP contribution in [0.25, 0.3) is 27.6 Å². The number of ketones is 2. The lowest BCUT2D eigenvalue weighted by Gasteiger charge is -2.33. The number of aliphatic hydroxyl groups excluding tert-OH is 2. The number of allylic oxidation sites excluding steroid dienone is 4. The molecular weight excluding hydrogens is 1200 g/mol. The highest BCUT2D eigenvalue weighted by Gasteiger charge is 2.39. The molecule has 4 amide bonds. The molecule has 24 nitrogen and oxygen atoms in total. The van der Waals surface area contributed by atoms with Crippen LogP contribution in [0.4, 0.5) is 15.1 Å². The molecule has 6 rings (SSSR count). The average Bonchev–Trinajstić information content (AvgIpc) is 2.33. The number of ether oxygens (including phenoxy) is 3. The summed E-state index contributed by atoms with van der Waals surface area (Å²) in [6.45, 7) is 12.5. The zero-order valence-corrected chi connectivity index (χ0v) is 53.3. The van der Waals surface area contributed by atoms with Crippen molar-refractivity contribution in [1.29, 1.82) is 0 Å². The van der Waals surface area contributed by atoms with Gasteiger partial charge in [0.15, 0.2) is 17.6 Å². The number of thioether (sulfide) groups is 1. The van der Waals surface area contributed by atoms with E-state index in [2.05, 4.69) is 30.6 Å².